The smallest absolute Gasteiger partial charge is 0.216 e. The predicted octanol–water partition coefficient (Wildman–Crippen LogP) is -0.102. The molecule has 3 nitrogen and oxygen atoms in total. The van der Waals surface area contributed by atoms with E-state index in [0.29, 0.717) is 6.54 Å². The number of rotatable bonds is 5. The van der Waals surface area contributed by atoms with Gasteiger partial charge in [0.2, 0.25) is 5.91 Å². The van der Waals surface area contributed by atoms with Crippen molar-refractivity contribution in [1.82, 2.24) is 10.6 Å². The van der Waals surface area contributed by atoms with E-state index in [4.69, 9.17) is 0 Å². The van der Waals surface area contributed by atoms with E-state index in [1.54, 1.807) is 6.08 Å². The zero-order valence-electron chi connectivity index (χ0n) is 6.31. The average molecular weight is 142 g/mol. The molecule has 0 aliphatic carbocycles. The molecule has 3 heteroatoms. The van der Waals surface area contributed by atoms with Gasteiger partial charge in [-0.25, -0.2) is 0 Å². The highest BCUT2D eigenvalue weighted by atomic mass is 16.1. The summed E-state index contributed by atoms with van der Waals surface area (Å²) in [6.07, 6.45) is 1.79. The molecule has 0 saturated carbocycles. The summed E-state index contributed by atoms with van der Waals surface area (Å²) in [5, 5.41) is 5.73. The molecular weight excluding hydrogens is 128 g/mol. The van der Waals surface area contributed by atoms with Gasteiger partial charge in [-0.3, -0.25) is 4.79 Å². The van der Waals surface area contributed by atoms with Crippen molar-refractivity contribution in [3.05, 3.63) is 12.7 Å². The summed E-state index contributed by atoms with van der Waals surface area (Å²) < 4.78 is 0. The van der Waals surface area contributed by atoms with Gasteiger partial charge in [-0.05, 0) is 0 Å². The second kappa shape index (κ2) is 6.29. The van der Waals surface area contributed by atoms with Crippen LogP contribution in [-0.2, 0) is 4.79 Å². The van der Waals surface area contributed by atoms with Crippen molar-refractivity contribution in [1.29, 1.82) is 0 Å². The van der Waals surface area contributed by atoms with Crippen molar-refractivity contribution in [3.8, 4) is 0 Å². The summed E-state index contributed by atoms with van der Waals surface area (Å²) in [6.45, 7) is 7.32. The van der Waals surface area contributed by atoms with Crippen LogP contribution in [0.25, 0.3) is 0 Å². The summed E-state index contributed by atoms with van der Waals surface area (Å²) in [5.41, 5.74) is 0. The average Bonchev–Trinajstić information content (AvgIpc) is 1.87. The highest BCUT2D eigenvalue weighted by Gasteiger charge is 1.87. The van der Waals surface area contributed by atoms with Crippen LogP contribution in [0.2, 0.25) is 0 Å². The molecule has 0 saturated heterocycles. The van der Waals surface area contributed by atoms with Gasteiger partial charge < -0.3 is 10.6 Å². The van der Waals surface area contributed by atoms with E-state index in [9.17, 15) is 4.79 Å². The molecule has 0 aliphatic heterocycles. The first-order chi connectivity index (χ1) is 4.77. The highest BCUT2D eigenvalue weighted by molar-refractivity contribution is 5.72. The van der Waals surface area contributed by atoms with E-state index >= 15 is 0 Å². The molecule has 1 amide bonds. The van der Waals surface area contributed by atoms with Crippen molar-refractivity contribution in [3.63, 3.8) is 0 Å². The minimum Gasteiger partial charge on any atom is -0.355 e. The normalized spacial score (nSPS) is 8.90. The Bertz CT molecular complexity index is 112. The summed E-state index contributed by atoms with van der Waals surface area (Å²) in [5.74, 6) is 0.0143. The fourth-order valence-electron chi connectivity index (χ4n) is 0.531. The Morgan fingerprint density at radius 3 is 2.80 bits per heavy atom. The third-order valence-electron chi connectivity index (χ3n) is 0.964. The molecule has 0 heterocycles. The Morgan fingerprint density at radius 1 is 1.60 bits per heavy atom. The monoisotopic (exact) mass is 142 g/mol. The molecule has 0 rings (SSSR count). The van der Waals surface area contributed by atoms with E-state index in [-0.39, 0.29) is 5.91 Å². The van der Waals surface area contributed by atoms with Crippen molar-refractivity contribution in [2.75, 3.05) is 19.6 Å². The molecule has 0 fully saturated rings. The molecule has 0 bridgehead atoms. The summed E-state index contributed by atoms with van der Waals surface area (Å²) in [7, 11) is 0. The summed E-state index contributed by atoms with van der Waals surface area (Å²) in [4.78, 5) is 10.3. The Balaban J connectivity index is 2.90. The van der Waals surface area contributed by atoms with Crippen LogP contribution in [0.3, 0.4) is 0 Å². The maximum Gasteiger partial charge on any atom is 0.216 e. The fourth-order valence-corrected chi connectivity index (χ4v) is 0.531. The standard InChI is InChI=1S/C7H14N2O/c1-3-4-8-5-6-9-7(2)10/h3,8H,1,4-6H2,2H3,(H,9,10). The maximum absolute atomic E-state index is 10.3. The lowest BCUT2D eigenvalue weighted by atomic mass is 10.5. The van der Waals surface area contributed by atoms with Gasteiger partial charge in [0.25, 0.3) is 0 Å². The zero-order chi connectivity index (χ0) is 7.82. The first kappa shape index (κ1) is 9.17. The number of carbonyl (C=O) groups is 1. The van der Waals surface area contributed by atoms with Gasteiger partial charge in [0.05, 0.1) is 0 Å². The molecule has 0 radical (unpaired) electrons. The Morgan fingerprint density at radius 2 is 2.30 bits per heavy atom. The quantitative estimate of drug-likeness (QED) is 0.415. The lowest BCUT2D eigenvalue weighted by Gasteiger charge is -2.01. The number of amides is 1. The second-order valence-corrected chi connectivity index (χ2v) is 1.98. The number of hydrogen-bond acceptors (Lipinski definition) is 2. The SMILES string of the molecule is C=CCNCCNC(C)=O. The van der Waals surface area contributed by atoms with Crippen LogP contribution in [0.5, 0.6) is 0 Å². The zero-order valence-corrected chi connectivity index (χ0v) is 6.31. The summed E-state index contributed by atoms with van der Waals surface area (Å²) >= 11 is 0. The minimum atomic E-state index is 0.0143. The Hall–Kier alpha value is -0.830. The molecular formula is C7H14N2O. The van der Waals surface area contributed by atoms with Crippen LogP contribution in [0.4, 0.5) is 0 Å². The lowest BCUT2D eigenvalue weighted by molar-refractivity contribution is -0.118. The van der Waals surface area contributed by atoms with Crippen LogP contribution >= 0.6 is 0 Å². The fraction of sp³-hybridized carbons (Fsp3) is 0.571. The van der Waals surface area contributed by atoms with Gasteiger partial charge in [0.15, 0.2) is 0 Å². The van der Waals surface area contributed by atoms with Crippen molar-refractivity contribution in [2.24, 2.45) is 0 Å². The van der Waals surface area contributed by atoms with Crippen LogP contribution in [0, 0.1) is 0 Å². The van der Waals surface area contributed by atoms with Gasteiger partial charge in [-0.2, -0.15) is 0 Å². The largest absolute Gasteiger partial charge is 0.355 e. The van der Waals surface area contributed by atoms with Gasteiger partial charge >= 0.3 is 0 Å². The van der Waals surface area contributed by atoms with Crippen molar-refractivity contribution < 1.29 is 4.79 Å². The topological polar surface area (TPSA) is 41.1 Å². The predicted molar refractivity (Wildman–Crippen MR) is 41.8 cm³/mol. The van der Waals surface area contributed by atoms with Crippen molar-refractivity contribution in [2.45, 2.75) is 6.92 Å². The molecule has 0 aromatic heterocycles. The van der Waals surface area contributed by atoms with Crippen LogP contribution in [0.1, 0.15) is 6.92 Å². The van der Waals surface area contributed by atoms with Crippen molar-refractivity contribution >= 4 is 5.91 Å². The Kier molecular flexibility index (Phi) is 5.77. The molecule has 2 N–H and O–H groups in total. The highest BCUT2D eigenvalue weighted by Crippen LogP contribution is 1.62. The number of carbonyl (C=O) groups excluding carboxylic acids is 1. The van der Waals surface area contributed by atoms with Crippen LogP contribution in [-0.4, -0.2) is 25.5 Å². The van der Waals surface area contributed by atoms with Gasteiger partial charge in [0.1, 0.15) is 0 Å². The molecule has 0 atom stereocenters. The third-order valence-corrected chi connectivity index (χ3v) is 0.964. The third kappa shape index (κ3) is 7.17. The molecule has 0 aliphatic rings. The lowest BCUT2D eigenvalue weighted by Crippen LogP contribution is -2.30. The van der Waals surface area contributed by atoms with Gasteiger partial charge in [-0.15, -0.1) is 6.58 Å². The minimum absolute atomic E-state index is 0.0143. The first-order valence-electron chi connectivity index (χ1n) is 3.33. The van der Waals surface area contributed by atoms with E-state index in [2.05, 4.69) is 17.2 Å². The molecule has 0 aromatic carbocycles. The Labute approximate surface area is 61.5 Å². The molecule has 58 valence electrons. The number of hydrogen-bond donors (Lipinski definition) is 2. The van der Waals surface area contributed by atoms with E-state index < -0.39 is 0 Å². The molecule has 0 aromatic rings. The summed E-state index contributed by atoms with van der Waals surface area (Å²) in [6, 6.07) is 0. The van der Waals surface area contributed by atoms with E-state index in [0.717, 1.165) is 13.1 Å². The first-order valence-corrected chi connectivity index (χ1v) is 3.33. The number of nitrogens with one attached hydrogen (secondary N) is 2. The molecule has 0 spiro atoms. The second-order valence-electron chi connectivity index (χ2n) is 1.98. The van der Waals surface area contributed by atoms with Crippen LogP contribution in [0.15, 0.2) is 12.7 Å². The van der Waals surface area contributed by atoms with Gasteiger partial charge in [0, 0.05) is 26.6 Å². The maximum atomic E-state index is 10.3. The van der Waals surface area contributed by atoms with E-state index in [1.165, 1.54) is 6.92 Å². The van der Waals surface area contributed by atoms with E-state index in [1.807, 2.05) is 0 Å². The van der Waals surface area contributed by atoms with Crippen LogP contribution < -0.4 is 10.6 Å². The molecule has 0 unspecified atom stereocenters. The molecule has 10 heavy (non-hydrogen) atoms. The van der Waals surface area contributed by atoms with Gasteiger partial charge in [-0.1, -0.05) is 6.08 Å².